The van der Waals surface area contributed by atoms with Crippen LogP contribution in [-0.4, -0.2) is 19.1 Å². The zero-order valence-electron chi connectivity index (χ0n) is 14.8. The van der Waals surface area contributed by atoms with Crippen molar-refractivity contribution in [3.8, 4) is 11.5 Å². The van der Waals surface area contributed by atoms with Gasteiger partial charge in [0, 0.05) is 5.56 Å². The summed E-state index contributed by atoms with van der Waals surface area (Å²) in [5, 5.41) is 3.02. The molecule has 2 aromatic rings. The number of hydrogen-bond acceptors (Lipinski definition) is 3. The van der Waals surface area contributed by atoms with Gasteiger partial charge < -0.3 is 14.8 Å². The van der Waals surface area contributed by atoms with Gasteiger partial charge in [0.2, 0.25) is 0 Å². The molecule has 1 unspecified atom stereocenters. The van der Waals surface area contributed by atoms with Crippen molar-refractivity contribution in [3.05, 3.63) is 59.2 Å². The summed E-state index contributed by atoms with van der Waals surface area (Å²) < 4.78 is 11.2. The number of rotatable bonds is 7. The first-order chi connectivity index (χ1) is 11.5. The minimum atomic E-state index is -0.131. The lowest BCUT2D eigenvalue weighted by atomic mass is 10.1. The maximum Gasteiger partial charge on any atom is 0.251 e. The Kier molecular flexibility index (Phi) is 6.24. The number of hydrogen-bond donors (Lipinski definition) is 1. The molecule has 0 aliphatic heterocycles. The molecule has 1 amide bonds. The van der Waals surface area contributed by atoms with Crippen LogP contribution in [0.2, 0.25) is 0 Å². The molecule has 128 valence electrons. The van der Waals surface area contributed by atoms with E-state index in [1.165, 1.54) is 0 Å². The van der Waals surface area contributed by atoms with E-state index >= 15 is 0 Å². The molecule has 0 aliphatic rings. The Labute approximate surface area is 143 Å². The van der Waals surface area contributed by atoms with E-state index < -0.39 is 0 Å². The molecule has 0 saturated heterocycles. The molecule has 0 aromatic heterocycles. The van der Waals surface area contributed by atoms with E-state index in [0.717, 1.165) is 16.9 Å². The summed E-state index contributed by atoms with van der Waals surface area (Å²) in [5.41, 5.74) is 2.76. The van der Waals surface area contributed by atoms with E-state index in [1.54, 1.807) is 0 Å². The number of ether oxygens (including phenoxy) is 2. The van der Waals surface area contributed by atoms with Crippen LogP contribution in [0.5, 0.6) is 11.5 Å². The lowest BCUT2D eigenvalue weighted by molar-refractivity contribution is 0.0940. The Morgan fingerprint density at radius 2 is 1.62 bits per heavy atom. The van der Waals surface area contributed by atoms with Gasteiger partial charge in [-0.2, -0.15) is 0 Å². The van der Waals surface area contributed by atoms with Crippen LogP contribution in [-0.2, 0) is 0 Å². The number of benzene rings is 2. The number of carbonyl (C=O) groups is 1. The molecule has 2 aromatic carbocycles. The summed E-state index contributed by atoms with van der Waals surface area (Å²) in [6.07, 6.45) is 0. The average molecular weight is 327 g/mol. The van der Waals surface area contributed by atoms with Crippen molar-refractivity contribution in [1.29, 1.82) is 0 Å². The van der Waals surface area contributed by atoms with E-state index in [0.29, 0.717) is 24.5 Å². The quantitative estimate of drug-likeness (QED) is 0.825. The van der Waals surface area contributed by atoms with Crippen molar-refractivity contribution in [2.75, 3.05) is 13.2 Å². The minimum absolute atomic E-state index is 0.0886. The SMILES string of the molecule is CCOc1ccc(C(C)NC(=O)c2ccc(C)cc2)cc1OCC. The van der Waals surface area contributed by atoms with Crippen LogP contribution in [0, 0.1) is 6.92 Å². The summed E-state index contributed by atoms with van der Waals surface area (Å²) in [6.45, 7) is 8.98. The number of carbonyl (C=O) groups excluding carboxylic acids is 1. The predicted molar refractivity (Wildman–Crippen MR) is 95.8 cm³/mol. The molecule has 1 atom stereocenters. The summed E-state index contributed by atoms with van der Waals surface area (Å²) in [5.74, 6) is 1.34. The fraction of sp³-hybridized carbons (Fsp3) is 0.350. The van der Waals surface area contributed by atoms with Crippen molar-refractivity contribution in [3.63, 3.8) is 0 Å². The van der Waals surface area contributed by atoms with Gasteiger partial charge >= 0.3 is 0 Å². The molecule has 0 saturated carbocycles. The van der Waals surface area contributed by atoms with Crippen LogP contribution in [0.4, 0.5) is 0 Å². The molecule has 1 N–H and O–H groups in total. The predicted octanol–water partition coefficient (Wildman–Crippen LogP) is 4.28. The molecule has 4 heteroatoms. The van der Waals surface area contributed by atoms with Crippen LogP contribution in [0.1, 0.15) is 48.3 Å². The molecular formula is C20H25NO3. The number of amides is 1. The molecule has 0 fully saturated rings. The third kappa shape index (κ3) is 4.51. The Hall–Kier alpha value is -2.49. The lowest BCUT2D eigenvalue weighted by Crippen LogP contribution is -2.26. The van der Waals surface area contributed by atoms with Gasteiger partial charge in [0.05, 0.1) is 19.3 Å². The first-order valence-corrected chi connectivity index (χ1v) is 8.32. The Balaban J connectivity index is 2.13. The van der Waals surface area contributed by atoms with Gasteiger partial charge in [0.15, 0.2) is 11.5 Å². The van der Waals surface area contributed by atoms with Gasteiger partial charge in [-0.1, -0.05) is 23.8 Å². The molecule has 0 radical (unpaired) electrons. The molecule has 4 nitrogen and oxygen atoms in total. The Morgan fingerprint density at radius 3 is 2.25 bits per heavy atom. The minimum Gasteiger partial charge on any atom is -0.490 e. The topological polar surface area (TPSA) is 47.6 Å². The van der Waals surface area contributed by atoms with Gasteiger partial charge in [-0.15, -0.1) is 0 Å². The van der Waals surface area contributed by atoms with Crippen LogP contribution in [0.25, 0.3) is 0 Å². The van der Waals surface area contributed by atoms with E-state index in [4.69, 9.17) is 9.47 Å². The smallest absolute Gasteiger partial charge is 0.251 e. The standard InChI is InChI=1S/C20H25NO3/c1-5-23-18-12-11-17(13-19(18)24-6-2)15(4)21-20(22)16-9-7-14(3)8-10-16/h7-13,15H,5-6H2,1-4H3,(H,21,22). The molecule has 0 bridgehead atoms. The van der Waals surface area contributed by atoms with Gasteiger partial charge in [-0.25, -0.2) is 0 Å². The first kappa shape index (κ1) is 17.9. The molecule has 0 spiro atoms. The summed E-state index contributed by atoms with van der Waals surface area (Å²) >= 11 is 0. The Bertz CT molecular complexity index is 680. The maximum absolute atomic E-state index is 12.4. The molecule has 24 heavy (non-hydrogen) atoms. The molecule has 2 rings (SSSR count). The largest absolute Gasteiger partial charge is 0.490 e. The fourth-order valence-electron chi connectivity index (χ4n) is 2.41. The van der Waals surface area contributed by atoms with Crippen LogP contribution in [0.3, 0.4) is 0 Å². The highest BCUT2D eigenvalue weighted by molar-refractivity contribution is 5.94. The normalized spacial score (nSPS) is 11.7. The average Bonchev–Trinajstić information content (AvgIpc) is 2.57. The summed E-state index contributed by atoms with van der Waals surface area (Å²) in [7, 11) is 0. The van der Waals surface area contributed by atoms with Crippen molar-refractivity contribution >= 4 is 5.91 Å². The zero-order valence-corrected chi connectivity index (χ0v) is 14.8. The highest BCUT2D eigenvalue weighted by Crippen LogP contribution is 2.30. The van der Waals surface area contributed by atoms with Crippen molar-refractivity contribution in [2.45, 2.75) is 33.7 Å². The highest BCUT2D eigenvalue weighted by Gasteiger charge is 2.14. The van der Waals surface area contributed by atoms with Crippen LogP contribution in [0.15, 0.2) is 42.5 Å². The van der Waals surface area contributed by atoms with Crippen molar-refractivity contribution in [2.24, 2.45) is 0 Å². The van der Waals surface area contributed by atoms with Gasteiger partial charge in [-0.05, 0) is 57.5 Å². The monoisotopic (exact) mass is 327 g/mol. The second kappa shape index (κ2) is 8.39. The summed E-state index contributed by atoms with van der Waals surface area (Å²) in [6, 6.07) is 13.2. The molecule has 0 aliphatic carbocycles. The Morgan fingerprint density at radius 1 is 1.00 bits per heavy atom. The van der Waals surface area contributed by atoms with E-state index in [9.17, 15) is 4.79 Å². The third-order valence-electron chi connectivity index (χ3n) is 3.73. The molecular weight excluding hydrogens is 302 g/mol. The highest BCUT2D eigenvalue weighted by atomic mass is 16.5. The first-order valence-electron chi connectivity index (χ1n) is 8.32. The van der Waals surface area contributed by atoms with Crippen LogP contribution < -0.4 is 14.8 Å². The number of aryl methyl sites for hydroxylation is 1. The van der Waals surface area contributed by atoms with Gasteiger partial charge in [0.25, 0.3) is 5.91 Å². The fourth-order valence-corrected chi connectivity index (χ4v) is 2.41. The van der Waals surface area contributed by atoms with E-state index in [-0.39, 0.29) is 11.9 Å². The van der Waals surface area contributed by atoms with Gasteiger partial charge in [-0.3, -0.25) is 4.79 Å². The second-order valence-corrected chi connectivity index (χ2v) is 5.63. The zero-order chi connectivity index (χ0) is 17.5. The van der Waals surface area contributed by atoms with E-state index in [2.05, 4.69) is 5.32 Å². The van der Waals surface area contributed by atoms with Crippen molar-refractivity contribution < 1.29 is 14.3 Å². The van der Waals surface area contributed by atoms with Crippen molar-refractivity contribution in [1.82, 2.24) is 5.32 Å². The maximum atomic E-state index is 12.4. The van der Waals surface area contributed by atoms with Gasteiger partial charge in [0.1, 0.15) is 0 Å². The van der Waals surface area contributed by atoms with Crippen LogP contribution >= 0.6 is 0 Å². The lowest BCUT2D eigenvalue weighted by Gasteiger charge is -2.17. The third-order valence-corrected chi connectivity index (χ3v) is 3.73. The van der Waals surface area contributed by atoms with E-state index in [1.807, 2.05) is 70.2 Å². The molecule has 0 heterocycles. The number of nitrogens with one attached hydrogen (secondary N) is 1. The summed E-state index contributed by atoms with van der Waals surface area (Å²) in [4.78, 5) is 12.4. The second-order valence-electron chi connectivity index (χ2n) is 5.63.